The molecular weight excluding hydrogens is 274 g/mol. The summed E-state index contributed by atoms with van der Waals surface area (Å²) in [5, 5.41) is 2.62. The van der Waals surface area contributed by atoms with Crippen LogP contribution < -0.4 is 5.32 Å². The molecule has 1 atom stereocenters. The Morgan fingerprint density at radius 2 is 2.14 bits per heavy atom. The Balaban J connectivity index is 2.00. The van der Waals surface area contributed by atoms with E-state index in [0.717, 1.165) is 17.7 Å². The molecule has 1 amide bonds. The number of hydrogen-bond donors (Lipinski definition) is 1. The van der Waals surface area contributed by atoms with Gasteiger partial charge in [0.1, 0.15) is 11.6 Å². The van der Waals surface area contributed by atoms with Crippen LogP contribution in [0.4, 0.5) is 8.78 Å². The number of carbonyl (C=O) groups excluding carboxylic acids is 1. The van der Waals surface area contributed by atoms with Crippen molar-refractivity contribution < 1.29 is 13.6 Å². The van der Waals surface area contributed by atoms with E-state index in [2.05, 4.69) is 10.3 Å². The molecule has 0 saturated heterocycles. The van der Waals surface area contributed by atoms with E-state index in [4.69, 9.17) is 0 Å². The van der Waals surface area contributed by atoms with E-state index >= 15 is 0 Å². The highest BCUT2D eigenvalue weighted by Crippen LogP contribution is 2.17. The summed E-state index contributed by atoms with van der Waals surface area (Å²) in [5.41, 5.74) is 1.02. The molecule has 1 unspecified atom stereocenters. The third kappa shape index (κ3) is 4.21. The highest BCUT2D eigenvalue weighted by atomic mass is 19.1. The quantitative estimate of drug-likeness (QED) is 0.877. The molecule has 1 aromatic heterocycles. The van der Waals surface area contributed by atoms with Crippen molar-refractivity contribution in [3.05, 3.63) is 71.6 Å². The van der Waals surface area contributed by atoms with Crippen LogP contribution in [0.25, 0.3) is 6.08 Å². The van der Waals surface area contributed by atoms with Gasteiger partial charge in [-0.05, 0) is 30.7 Å². The molecule has 1 heterocycles. The van der Waals surface area contributed by atoms with Gasteiger partial charge in [-0.15, -0.1) is 0 Å². The Morgan fingerprint density at radius 1 is 1.33 bits per heavy atom. The molecule has 0 aliphatic rings. The van der Waals surface area contributed by atoms with Crippen molar-refractivity contribution in [2.24, 2.45) is 0 Å². The number of hydrogen-bond acceptors (Lipinski definition) is 2. The Morgan fingerprint density at radius 3 is 2.81 bits per heavy atom. The molecule has 0 saturated carbocycles. The number of aromatic nitrogens is 1. The zero-order valence-electron chi connectivity index (χ0n) is 11.4. The van der Waals surface area contributed by atoms with E-state index in [9.17, 15) is 13.6 Å². The number of halogens is 2. The van der Waals surface area contributed by atoms with Gasteiger partial charge in [0, 0.05) is 30.1 Å². The van der Waals surface area contributed by atoms with Crippen LogP contribution in [0, 0.1) is 11.6 Å². The highest BCUT2D eigenvalue weighted by Gasteiger charge is 2.12. The molecule has 0 aliphatic heterocycles. The molecule has 1 aromatic carbocycles. The number of nitrogens with one attached hydrogen (secondary N) is 1. The minimum atomic E-state index is -0.681. The Bertz CT molecular complexity index is 657. The highest BCUT2D eigenvalue weighted by molar-refractivity contribution is 5.91. The average Bonchev–Trinajstić information content (AvgIpc) is 2.46. The summed E-state index contributed by atoms with van der Waals surface area (Å²) in [6, 6.07) is 6.28. The molecule has 0 radical (unpaired) electrons. The topological polar surface area (TPSA) is 42.0 Å². The minimum Gasteiger partial charge on any atom is -0.346 e. The summed E-state index contributed by atoms with van der Waals surface area (Å²) in [6.45, 7) is 1.63. The molecule has 21 heavy (non-hydrogen) atoms. The minimum absolute atomic E-state index is 0.236. The number of pyridine rings is 1. The second-order valence-electron chi connectivity index (χ2n) is 4.52. The lowest BCUT2D eigenvalue weighted by molar-refractivity contribution is -0.117. The molecule has 0 aliphatic carbocycles. The fourth-order valence-electron chi connectivity index (χ4n) is 1.84. The van der Waals surface area contributed by atoms with E-state index in [1.54, 1.807) is 37.5 Å². The van der Waals surface area contributed by atoms with Crippen molar-refractivity contribution in [2.45, 2.75) is 13.0 Å². The van der Waals surface area contributed by atoms with Crippen LogP contribution >= 0.6 is 0 Å². The van der Waals surface area contributed by atoms with Gasteiger partial charge in [-0.1, -0.05) is 12.1 Å². The summed E-state index contributed by atoms with van der Waals surface area (Å²) < 4.78 is 26.4. The van der Waals surface area contributed by atoms with Crippen LogP contribution in [-0.2, 0) is 4.79 Å². The Kier molecular flexibility index (Phi) is 4.77. The SMILES string of the molecule is CC(NC(=O)/C=C/c1cccnc1)c1ccc(F)cc1F. The van der Waals surface area contributed by atoms with Gasteiger partial charge in [-0.3, -0.25) is 9.78 Å². The molecule has 2 aromatic rings. The molecule has 1 N–H and O–H groups in total. The van der Waals surface area contributed by atoms with Crippen LogP contribution in [0.15, 0.2) is 48.8 Å². The molecule has 0 bridgehead atoms. The Labute approximate surface area is 121 Å². The number of nitrogens with zero attached hydrogens (tertiary/aromatic N) is 1. The molecule has 2 rings (SSSR count). The van der Waals surface area contributed by atoms with Gasteiger partial charge in [-0.2, -0.15) is 0 Å². The summed E-state index contributed by atoms with van der Waals surface area (Å²) in [5.74, 6) is -1.69. The maximum Gasteiger partial charge on any atom is 0.244 e. The van der Waals surface area contributed by atoms with E-state index < -0.39 is 17.7 Å². The van der Waals surface area contributed by atoms with Gasteiger partial charge in [0.2, 0.25) is 5.91 Å². The summed E-state index contributed by atoms with van der Waals surface area (Å²) in [7, 11) is 0. The van der Waals surface area contributed by atoms with Crippen LogP contribution in [0.5, 0.6) is 0 Å². The molecule has 3 nitrogen and oxygen atoms in total. The first-order valence-electron chi connectivity index (χ1n) is 6.40. The van der Waals surface area contributed by atoms with E-state index in [1.165, 1.54) is 12.1 Å². The zero-order valence-corrected chi connectivity index (χ0v) is 11.4. The van der Waals surface area contributed by atoms with Crippen molar-refractivity contribution in [1.82, 2.24) is 10.3 Å². The van der Waals surface area contributed by atoms with Gasteiger partial charge in [-0.25, -0.2) is 8.78 Å². The predicted molar refractivity (Wildman–Crippen MR) is 76.2 cm³/mol. The average molecular weight is 288 g/mol. The third-order valence-electron chi connectivity index (χ3n) is 2.90. The maximum atomic E-state index is 13.6. The van der Waals surface area contributed by atoms with Crippen LogP contribution in [-0.4, -0.2) is 10.9 Å². The van der Waals surface area contributed by atoms with Gasteiger partial charge < -0.3 is 5.32 Å². The Hall–Kier alpha value is -2.56. The second kappa shape index (κ2) is 6.74. The predicted octanol–water partition coefficient (Wildman–Crippen LogP) is 3.25. The van der Waals surface area contributed by atoms with E-state index in [0.29, 0.717) is 0 Å². The van der Waals surface area contributed by atoms with Crippen LogP contribution in [0.2, 0.25) is 0 Å². The second-order valence-corrected chi connectivity index (χ2v) is 4.52. The van der Waals surface area contributed by atoms with Crippen LogP contribution in [0.1, 0.15) is 24.1 Å². The van der Waals surface area contributed by atoms with Crippen molar-refractivity contribution in [3.8, 4) is 0 Å². The van der Waals surface area contributed by atoms with Gasteiger partial charge in [0.15, 0.2) is 0 Å². The molecule has 5 heteroatoms. The lowest BCUT2D eigenvalue weighted by Gasteiger charge is -2.13. The lowest BCUT2D eigenvalue weighted by atomic mass is 10.1. The first kappa shape index (κ1) is 14.8. The van der Waals surface area contributed by atoms with Crippen molar-refractivity contribution in [1.29, 1.82) is 0 Å². The van der Waals surface area contributed by atoms with Crippen LogP contribution in [0.3, 0.4) is 0 Å². The molecule has 0 spiro atoms. The lowest BCUT2D eigenvalue weighted by Crippen LogP contribution is -2.25. The van der Waals surface area contributed by atoms with Crippen molar-refractivity contribution >= 4 is 12.0 Å². The number of amides is 1. The van der Waals surface area contributed by atoms with E-state index in [-0.39, 0.29) is 11.5 Å². The first-order chi connectivity index (χ1) is 10.1. The first-order valence-corrected chi connectivity index (χ1v) is 6.40. The van der Waals surface area contributed by atoms with E-state index in [1.807, 2.05) is 0 Å². The van der Waals surface area contributed by atoms with Crippen molar-refractivity contribution in [2.75, 3.05) is 0 Å². The fourth-order valence-corrected chi connectivity index (χ4v) is 1.84. The number of rotatable bonds is 4. The summed E-state index contributed by atoms with van der Waals surface area (Å²) in [6.07, 6.45) is 6.20. The van der Waals surface area contributed by atoms with Gasteiger partial charge >= 0.3 is 0 Å². The smallest absolute Gasteiger partial charge is 0.244 e. The summed E-state index contributed by atoms with van der Waals surface area (Å²) in [4.78, 5) is 15.7. The number of benzene rings is 1. The molecule has 0 fully saturated rings. The molecule has 108 valence electrons. The summed E-state index contributed by atoms with van der Waals surface area (Å²) >= 11 is 0. The standard InChI is InChI=1S/C16H14F2N2O/c1-11(14-6-5-13(17)9-15(14)18)20-16(21)7-4-12-3-2-8-19-10-12/h2-11H,1H3,(H,20,21)/b7-4+. The molecular formula is C16H14F2N2O. The maximum absolute atomic E-state index is 13.6. The zero-order chi connectivity index (χ0) is 15.2. The third-order valence-corrected chi connectivity index (χ3v) is 2.90. The van der Waals surface area contributed by atoms with Crippen molar-refractivity contribution in [3.63, 3.8) is 0 Å². The number of carbonyl (C=O) groups is 1. The van der Waals surface area contributed by atoms with Gasteiger partial charge in [0.25, 0.3) is 0 Å². The van der Waals surface area contributed by atoms with Gasteiger partial charge in [0.05, 0.1) is 6.04 Å². The fraction of sp³-hybridized carbons (Fsp3) is 0.125. The largest absolute Gasteiger partial charge is 0.346 e. The monoisotopic (exact) mass is 288 g/mol. The normalized spacial score (nSPS) is 12.3.